The highest BCUT2D eigenvalue weighted by molar-refractivity contribution is 7.89. The summed E-state index contributed by atoms with van der Waals surface area (Å²) in [5.74, 6) is 1.13. The van der Waals surface area contributed by atoms with E-state index in [0.717, 1.165) is 18.6 Å². The van der Waals surface area contributed by atoms with Crippen LogP contribution in [0.2, 0.25) is 0 Å². The summed E-state index contributed by atoms with van der Waals surface area (Å²) in [5, 5.41) is 7.37. The van der Waals surface area contributed by atoms with Gasteiger partial charge in [-0.15, -0.1) is 0 Å². The lowest BCUT2D eigenvalue weighted by molar-refractivity contribution is 0.322. The van der Waals surface area contributed by atoms with Gasteiger partial charge in [0.05, 0.1) is 6.20 Å². The van der Waals surface area contributed by atoms with Crippen LogP contribution in [0.4, 0.5) is 0 Å². The quantitative estimate of drug-likeness (QED) is 0.499. The third kappa shape index (κ3) is 4.98. The minimum absolute atomic E-state index is 0.148. The Morgan fingerprint density at radius 3 is 2.71 bits per heavy atom. The summed E-state index contributed by atoms with van der Waals surface area (Å²) >= 11 is 0. The molecule has 2 aromatic carbocycles. The van der Waals surface area contributed by atoms with E-state index in [0.29, 0.717) is 12.0 Å². The minimum atomic E-state index is -3.58. The molecule has 0 saturated carbocycles. The first-order valence-corrected chi connectivity index (χ1v) is 11.9. The van der Waals surface area contributed by atoms with Gasteiger partial charge in [0.1, 0.15) is 17.3 Å². The Morgan fingerprint density at radius 1 is 1.19 bits per heavy atom. The Hall–Kier alpha value is -2.68. The van der Waals surface area contributed by atoms with Crippen LogP contribution in [0, 0.1) is 0 Å². The van der Waals surface area contributed by atoms with Gasteiger partial charge in [-0.1, -0.05) is 36.4 Å². The Morgan fingerprint density at radius 2 is 2.00 bits per heavy atom. The number of nitrogens with zero attached hydrogens (tertiary/aromatic N) is 2. The number of ether oxygens (including phenoxy) is 1. The van der Waals surface area contributed by atoms with Crippen LogP contribution in [0.15, 0.2) is 65.8 Å². The van der Waals surface area contributed by atoms with Gasteiger partial charge in [-0.3, -0.25) is 4.68 Å². The van der Waals surface area contributed by atoms with Crippen LogP contribution in [0.5, 0.6) is 5.75 Å². The highest BCUT2D eigenvalue weighted by Gasteiger charge is 2.31. The second kappa shape index (κ2) is 9.21. The van der Waals surface area contributed by atoms with E-state index in [4.69, 9.17) is 4.74 Å². The Balaban J connectivity index is 1.39. The molecule has 0 bridgehead atoms. The van der Waals surface area contributed by atoms with Gasteiger partial charge in [0.2, 0.25) is 10.0 Å². The van der Waals surface area contributed by atoms with Crippen molar-refractivity contribution >= 4 is 10.0 Å². The number of aromatic nitrogens is 2. The molecule has 0 aliphatic heterocycles. The molecule has 0 saturated heterocycles. The summed E-state index contributed by atoms with van der Waals surface area (Å²) in [5.41, 5.74) is 3.96. The minimum Gasteiger partial charge on any atom is -0.492 e. The number of benzene rings is 2. The van der Waals surface area contributed by atoms with Gasteiger partial charge in [-0.2, -0.15) is 5.10 Å². The van der Waals surface area contributed by atoms with Crippen molar-refractivity contribution in [1.29, 1.82) is 0 Å². The molecular weight excluding hydrogens is 412 g/mol. The fourth-order valence-electron chi connectivity index (χ4n) is 4.18. The molecule has 0 amide bonds. The van der Waals surface area contributed by atoms with Crippen LogP contribution in [0.3, 0.4) is 0 Å². The molecule has 31 heavy (non-hydrogen) atoms. The monoisotopic (exact) mass is 440 g/mol. The van der Waals surface area contributed by atoms with Crippen molar-refractivity contribution in [3.05, 3.63) is 77.6 Å². The summed E-state index contributed by atoms with van der Waals surface area (Å²) in [6.45, 7) is 0.429. The van der Waals surface area contributed by atoms with E-state index in [1.807, 2.05) is 19.2 Å². The lowest BCUT2D eigenvalue weighted by atomic mass is 9.91. The topological polar surface area (TPSA) is 85.2 Å². The van der Waals surface area contributed by atoms with E-state index in [1.54, 1.807) is 7.05 Å². The smallest absolute Gasteiger partial charge is 0.243 e. The Labute approximate surface area is 183 Å². The van der Waals surface area contributed by atoms with Crippen LogP contribution in [-0.2, 0) is 29.9 Å². The lowest BCUT2D eigenvalue weighted by Crippen LogP contribution is -2.30. The third-order valence-corrected chi connectivity index (χ3v) is 7.18. The Bertz CT molecular complexity index is 1130. The van der Waals surface area contributed by atoms with Gasteiger partial charge in [-0.25, -0.2) is 13.1 Å². The maximum absolute atomic E-state index is 12.3. The molecule has 3 aromatic rings. The van der Waals surface area contributed by atoms with Gasteiger partial charge in [0, 0.05) is 31.7 Å². The van der Waals surface area contributed by atoms with Gasteiger partial charge < -0.3 is 10.1 Å². The fourth-order valence-corrected chi connectivity index (χ4v) is 5.18. The highest BCUT2D eigenvalue weighted by Crippen LogP contribution is 2.37. The second-order valence-corrected chi connectivity index (χ2v) is 9.62. The van der Waals surface area contributed by atoms with Gasteiger partial charge in [-0.05, 0) is 48.7 Å². The molecule has 0 spiro atoms. The van der Waals surface area contributed by atoms with Crippen LogP contribution < -0.4 is 14.8 Å². The van der Waals surface area contributed by atoms with Crippen molar-refractivity contribution in [2.24, 2.45) is 7.05 Å². The molecule has 7 nitrogen and oxygen atoms in total. The molecule has 4 rings (SSSR count). The average Bonchev–Trinajstić information content (AvgIpc) is 3.36. The first kappa shape index (κ1) is 21.5. The zero-order chi connectivity index (χ0) is 21.8. The van der Waals surface area contributed by atoms with Crippen molar-refractivity contribution in [3.63, 3.8) is 0 Å². The van der Waals surface area contributed by atoms with E-state index in [2.05, 4.69) is 51.5 Å². The molecule has 2 N–H and O–H groups in total. The number of hydrogen-bond donors (Lipinski definition) is 2. The molecule has 1 aromatic heterocycles. The largest absolute Gasteiger partial charge is 0.492 e. The maximum Gasteiger partial charge on any atom is 0.243 e. The second-order valence-electron chi connectivity index (χ2n) is 7.85. The number of hydrogen-bond acceptors (Lipinski definition) is 5. The predicted octanol–water partition coefficient (Wildman–Crippen LogP) is 2.25. The van der Waals surface area contributed by atoms with Crippen molar-refractivity contribution < 1.29 is 13.2 Å². The van der Waals surface area contributed by atoms with Gasteiger partial charge in [0.25, 0.3) is 0 Å². The molecule has 0 radical (unpaired) electrons. The number of rotatable bonds is 9. The van der Waals surface area contributed by atoms with Crippen LogP contribution in [0.1, 0.15) is 22.6 Å². The Kier molecular flexibility index (Phi) is 6.41. The van der Waals surface area contributed by atoms with Crippen LogP contribution in [-0.4, -0.2) is 44.4 Å². The molecule has 1 aliphatic rings. The summed E-state index contributed by atoms with van der Waals surface area (Å²) in [6.07, 6.45) is 4.76. The third-order valence-electron chi connectivity index (χ3n) is 5.77. The SMILES string of the molecule is CNC1Cc2ccc(OCCNS(=O)(=O)c3cnn(C)c3)cc2C1Cc1ccccc1. The van der Waals surface area contributed by atoms with Crippen molar-refractivity contribution in [2.75, 3.05) is 20.2 Å². The molecule has 0 fully saturated rings. The summed E-state index contributed by atoms with van der Waals surface area (Å²) < 4.78 is 34.4. The van der Waals surface area contributed by atoms with E-state index >= 15 is 0 Å². The molecule has 2 atom stereocenters. The molecule has 164 valence electrons. The number of aryl methyl sites for hydroxylation is 1. The van der Waals surface area contributed by atoms with Crippen LogP contribution in [0.25, 0.3) is 0 Å². The summed E-state index contributed by atoms with van der Waals surface area (Å²) in [6, 6.07) is 17.1. The zero-order valence-corrected chi connectivity index (χ0v) is 18.6. The van der Waals surface area contributed by atoms with Gasteiger partial charge in [0.15, 0.2) is 0 Å². The molecule has 1 aliphatic carbocycles. The van der Waals surface area contributed by atoms with Crippen molar-refractivity contribution in [2.45, 2.75) is 29.7 Å². The lowest BCUT2D eigenvalue weighted by Gasteiger charge is -2.20. The molecule has 2 unspecified atom stereocenters. The number of likely N-dealkylation sites (N-methyl/N-ethyl adjacent to an activating group) is 1. The first-order valence-electron chi connectivity index (χ1n) is 10.4. The molecule has 1 heterocycles. The van der Waals surface area contributed by atoms with Crippen molar-refractivity contribution in [3.8, 4) is 5.75 Å². The number of nitrogens with one attached hydrogen (secondary N) is 2. The molecule has 8 heteroatoms. The van der Waals surface area contributed by atoms with Gasteiger partial charge >= 0.3 is 0 Å². The van der Waals surface area contributed by atoms with Crippen molar-refractivity contribution in [1.82, 2.24) is 19.8 Å². The molecular formula is C23H28N4O3S. The average molecular weight is 441 g/mol. The van der Waals surface area contributed by atoms with E-state index in [9.17, 15) is 8.42 Å². The highest BCUT2D eigenvalue weighted by atomic mass is 32.2. The van der Waals surface area contributed by atoms with Crippen LogP contribution >= 0.6 is 0 Å². The summed E-state index contributed by atoms with van der Waals surface area (Å²) in [7, 11) is 0.115. The van der Waals surface area contributed by atoms with E-state index < -0.39 is 10.0 Å². The number of fused-ring (bicyclic) bond motifs is 1. The van der Waals surface area contributed by atoms with E-state index in [1.165, 1.54) is 33.8 Å². The first-order chi connectivity index (χ1) is 15.0. The fraction of sp³-hybridized carbons (Fsp3) is 0.348. The predicted molar refractivity (Wildman–Crippen MR) is 120 cm³/mol. The summed E-state index contributed by atoms with van der Waals surface area (Å²) in [4.78, 5) is 0.148. The maximum atomic E-state index is 12.3. The number of sulfonamides is 1. The van der Waals surface area contributed by atoms with E-state index in [-0.39, 0.29) is 18.0 Å². The normalized spacial score (nSPS) is 18.1. The standard InChI is InChI=1S/C23H28N4O3S/c1-24-23-13-18-8-9-19(14-21(18)22(23)12-17-6-4-3-5-7-17)30-11-10-26-31(28,29)20-15-25-27(2)16-20/h3-9,14-16,22-24,26H,10-13H2,1-2H3. The zero-order valence-electron chi connectivity index (χ0n) is 17.8.